The van der Waals surface area contributed by atoms with Gasteiger partial charge in [-0.15, -0.1) is 5.10 Å². The standard InChI is InChI=1S/C14H15N3O3S/c1-3-12-15-14(17-16-12)21-11(13(18)19)8-9-5-4-6-10(7-9)20-2/h4-8H,3H2,1-2H3,(H,18,19)(H,15,16,17)/p-1/b11-8-. The van der Waals surface area contributed by atoms with E-state index in [9.17, 15) is 9.90 Å². The summed E-state index contributed by atoms with van der Waals surface area (Å²) < 4.78 is 5.10. The van der Waals surface area contributed by atoms with Crippen molar-refractivity contribution in [1.82, 2.24) is 15.2 Å². The van der Waals surface area contributed by atoms with Crippen LogP contribution >= 0.6 is 11.8 Å². The van der Waals surface area contributed by atoms with Crippen molar-refractivity contribution < 1.29 is 14.6 Å². The molecule has 1 aromatic carbocycles. The normalized spacial score (nSPS) is 11.4. The molecule has 0 spiro atoms. The van der Waals surface area contributed by atoms with Crippen LogP contribution in [0, 0.1) is 0 Å². The Bertz CT molecular complexity index is 667. The van der Waals surface area contributed by atoms with Crippen molar-refractivity contribution in [2.75, 3.05) is 7.11 Å². The van der Waals surface area contributed by atoms with Gasteiger partial charge in [0.15, 0.2) is 0 Å². The first-order valence-electron chi connectivity index (χ1n) is 6.28. The first-order chi connectivity index (χ1) is 10.1. The number of H-pyrrole nitrogens is 1. The van der Waals surface area contributed by atoms with E-state index < -0.39 is 5.97 Å². The number of carboxylic acid groups (broad SMARTS) is 1. The van der Waals surface area contributed by atoms with Crippen LogP contribution in [0.15, 0.2) is 34.3 Å². The molecule has 0 atom stereocenters. The summed E-state index contributed by atoms with van der Waals surface area (Å²) in [6.45, 7) is 1.93. The number of carbonyl (C=O) groups excluding carboxylic acids is 1. The van der Waals surface area contributed by atoms with Gasteiger partial charge >= 0.3 is 0 Å². The van der Waals surface area contributed by atoms with Crippen molar-refractivity contribution >= 4 is 23.8 Å². The van der Waals surface area contributed by atoms with Crippen LogP contribution < -0.4 is 9.84 Å². The Kier molecular flexibility index (Phi) is 4.99. The van der Waals surface area contributed by atoms with Gasteiger partial charge in [0.25, 0.3) is 0 Å². The predicted octanol–water partition coefficient (Wildman–Crippen LogP) is 1.26. The van der Waals surface area contributed by atoms with E-state index in [1.54, 1.807) is 31.4 Å². The highest BCUT2D eigenvalue weighted by Crippen LogP contribution is 2.26. The Morgan fingerprint density at radius 3 is 2.95 bits per heavy atom. The summed E-state index contributed by atoms with van der Waals surface area (Å²) in [6.07, 6.45) is 2.21. The lowest BCUT2D eigenvalue weighted by atomic mass is 10.2. The van der Waals surface area contributed by atoms with E-state index >= 15 is 0 Å². The lowest BCUT2D eigenvalue weighted by Gasteiger charge is -2.06. The molecule has 2 rings (SSSR count). The maximum Gasteiger partial charge on any atom is 0.213 e. The van der Waals surface area contributed by atoms with Crippen molar-refractivity contribution in [3.05, 3.63) is 40.6 Å². The molecule has 110 valence electrons. The molecule has 1 aromatic heterocycles. The number of carbonyl (C=O) groups is 1. The molecular formula is C14H14N3O3S-. The number of hydrogen-bond donors (Lipinski definition) is 1. The Balaban J connectivity index is 2.25. The zero-order valence-corrected chi connectivity index (χ0v) is 12.4. The summed E-state index contributed by atoms with van der Waals surface area (Å²) in [6, 6.07) is 7.08. The number of aromatic nitrogens is 3. The van der Waals surface area contributed by atoms with Crippen LogP contribution in [-0.4, -0.2) is 28.3 Å². The van der Waals surface area contributed by atoms with Gasteiger partial charge in [0.2, 0.25) is 5.16 Å². The number of nitrogens with one attached hydrogen (secondary N) is 1. The summed E-state index contributed by atoms with van der Waals surface area (Å²) in [5, 5.41) is 18.3. The first kappa shape index (κ1) is 15.1. The van der Waals surface area contributed by atoms with E-state index in [2.05, 4.69) is 15.2 Å². The Morgan fingerprint density at radius 1 is 1.52 bits per heavy atom. The fourth-order valence-corrected chi connectivity index (χ4v) is 2.31. The van der Waals surface area contributed by atoms with E-state index in [-0.39, 0.29) is 4.91 Å². The van der Waals surface area contributed by atoms with Crippen molar-refractivity contribution in [2.45, 2.75) is 18.5 Å². The number of benzene rings is 1. The SMILES string of the molecule is CCc1nc(S/C(=C\c2cccc(OC)c2)C(=O)[O-])n[nH]1. The van der Waals surface area contributed by atoms with Gasteiger partial charge in [0.1, 0.15) is 11.6 Å². The summed E-state index contributed by atoms with van der Waals surface area (Å²) in [7, 11) is 1.55. The minimum Gasteiger partial charge on any atom is -0.544 e. The molecule has 0 aliphatic heterocycles. The third-order valence-corrected chi connectivity index (χ3v) is 3.51. The number of nitrogens with zero attached hydrogens (tertiary/aromatic N) is 2. The van der Waals surface area contributed by atoms with Gasteiger partial charge in [-0.2, -0.15) is 0 Å². The molecule has 0 aliphatic rings. The number of aliphatic carboxylic acids is 1. The second kappa shape index (κ2) is 6.94. The largest absolute Gasteiger partial charge is 0.544 e. The lowest BCUT2D eigenvalue weighted by Crippen LogP contribution is -2.23. The van der Waals surface area contributed by atoms with Crippen LogP contribution in [0.1, 0.15) is 18.3 Å². The molecule has 6 nitrogen and oxygen atoms in total. The van der Waals surface area contributed by atoms with Crippen molar-refractivity contribution in [3.63, 3.8) is 0 Å². The number of ether oxygens (including phenoxy) is 1. The second-order valence-corrected chi connectivity index (χ2v) is 5.10. The van der Waals surface area contributed by atoms with E-state index in [0.29, 0.717) is 28.7 Å². The highest BCUT2D eigenvalue weighted by atomic mass is 32.2. The molecule has 0 unspecified atom stereocenters. The zero-order valence-electron chi connectivity index (χ0n) is 11.6. The average Bonchev–Trinajstić information content (AvgIpc) is 2.94. The van der Waals surface area contributed by atoms with Gasteiger partial charge in [-0.1, -0.05) is 19.1 Å². The number of methoxy groups -OCH3 is 1. The molecule has 7 heteroatoms. The van der Waals surface area contributed by atoms with Gasteiger partial charge in [0, 0.05) is 11.3 Å². The van der Waals surface area contributed by atoms with Crippen molar-refractivity contribution in [2.24, 2.45) is 0 Å². The molecule has 21 heavy (non-hydrogen) atoms. The highest BCUT2D eigenvalue weighted by Gasteiger charge is 2.08. The molecule has 0 saturated heterocycles. The van der Waals surface area contributed by atoms with Crippen LogP contribution in [0.2, 0.25) is 0 Å². The lowest BCUT2D eigenvalue weighted by molar-refractivity contribution is -0.297. The van der Waals surface area contributed by atoms with Crippen LogP contribution in [-0.2, 0) is 11.2 Å². The smallest absolute Gasteiger partial charge is 0.213 e. The fraction of sp³-hybridized carbons (Fsp3) is 0.214. The molecule has 1 heterocycles. The maximum atomic E-state index is 11.2. The minimum atomic E-state index is -1.27. The van der Waals surface area contributed by atoms with Gasteiger partial charge in [-0.25, -0.2) is 4.98 Å². The summed E-state index contributed by atoms with van der Waals surface area (Å²) >= 11 is 0.946. The number of hydrogen-bond acceptors (Lipinski definition) is 6. The van der Waals surface area contributed by atoms with E-state index in [1.165, 1.54) is 6.08 Å². The third-order valence-electron chi connectivity index (χ3n) is 2.64. The van der Waals surface area contributed by atoms with Crippen LogP contribution in [0.4, 0.5) is 0 Å². The first-order valence-corrected chi connectivity index (χ1v) is 7.10. The van der Waals surface area contributed by atoms with Gasteiger partial charge < -0.3 is 14.6 Å². The molecule has 0 amide bonds. The molecule has 0 saturated carbocycles. The summed E-state index contributed by atoms with van der Waals surface area (Å²) in [5.74, 6) is 0.0832. The average molecular weight is 304 g/mol. The number of carboxylic acids is 1. The van der Waals surface area contributed by atoms with Crippen LogP contribution in [0.25, 0.3) is 6.08 Å². The minimum absolute atomic E-state index is 0.0323. The van der Waals surface area contributed by atoms with Gasteiger partial charge in [-0.3, -0.25) is 5.10 Å². The molecule has 0 fully saturated rings. The van der Waals surface area contributed by atoms with Crippen molar-refractivity contribution in [1.29, 1.82) is 0 Å². The summed E-state index contributed by atoms with van der Waals surface area (Å²) in [4.78, 5) is 15.4. The monoisotopic (exact) mass is 304 g/mol. The van der Waals surface area contributed by atoms with Gasteiger partial charge in [0.05, 0.1) is 13.1 Å². The van der Waals surface area contributed by atoms with Crippen LogP contribution in [0.5, 0.6) is 5.75 Å². The molecule has 0 aliphatic carbocycles. The van der Waals surface area contributed by atoms with E-state index in [1.807, 2.05) is 6.92 Å². The second-order valence-electron chi connectivity index (χ2n) is 4.09. The Hall–Kier alpha value is -2.28. The number of rotatable bonds is 6. The zero-order chi connectivity index (χ0) is 15.2. The van der Waals surface area contributed by atoms with E-state index in [4.69, 9.17) is 4.74 Å². The Labute approximate surface area is 126 Å². The highest BCUT2D eigenvalue weighted by molar-refractivity contribution is 8.04. The fourth-order valence-electron chi connectivity index (χ4n) is 1.59. The molecule has 2 aromatic rings. The molecule has 0 radical (unpaired) electrons. The summed E-state index contributed by atoms with van der Waals surface area (Å²) in [5.41, 5.74) is 0.701. The maximum absolute atomic E-state index is 11.2. The topological polar surface area (TPSA) is 90.9 Å². The quantitative estimate of drug-likeness (QED) is 0.638. The number of aromatic amines is 1. The van der Waals surface area contributed by atoms with E-state index in [0.717, 1.165) is 11.8 Å². The van der Waals surface area contributed by atoms with Crippen molar-refractivity contribution in [3.8, 4) is 5.75 Å². The number of aryl methyl sites for hydroxylation is 1. The molecule has 0 bridgehead atoms. The Morgan fingerprint density at radius 2 is 2.33 bits per heavy atom. The number of thioether (sulfide) groups is 1. The predicted molar refractivity (Wildman–Crippen MR) is 77.6 cm³/mol. The van der Waals surface area contributed by atoms with Gasteiger partial charge in [-0.05, 0) is 35.5 Å². The molecular weight excluding hydrogens is 290 g/mol. The molecule has 1 N–H and O–H groups in total. The third kappa shape index (κ3) is 4.09. The van der Waals surface area contributed by atoms with Crippen LogP contribution in [0.3, 0.4) is 0 Å².